The van der Waals surface area contributed by atoms with Crippen molar-refractivity contribution in [3.63, 3.8) is 0 Å². The first kappa shape index (κ1) is 12.3. The van der Waals surface area contributed by atoms with Gasteiger partial charge < -0.3 is 13.7 Å². The monoisotopic (exact) mass is 263 g/mol. The van der Waals surface area contributed by atoms with Gasteiger partial charge in [-0.3, -0.25) is 0 Å². The van der Waals surface area contributed by atoms with Crippen LogP contribution in [0.5, 0.6) is 0 Å². The number of hydrogen-bond donors (Lipinski definition) is 0. The van der Waals surface area contributed by atoms with Crippen LogP contribution < -0.4 is 0 Å². The van der Waals surface area contributed by atoms with Crippen molar-refractivity contribution >= 4 is 0 Å². The molecule has 1 aliphatic heterocycles. The van der Waals surface area contributed by atoms with Gasteiger partial charge >= 0.3 is 0 Å². The van der Waals surface area contributed by atoms with E-state index in [1.165, 1.54) is 0 Å². The summed E-state index contributed by atoms with van der Waals surface area (Å²) in [7, 11) is 0. The standard InChI is InChI=1S/C13H17N3O3/c1-2-5-11-14-9(8-18-11)12-15-13(19-16-12)10-6-3-4-7-17-10/h8,10H,2-7H2,1H3. The number of ether oxygens (including phenoxy) is 1. The summed E-state index contributed by atoms with van der Waals surface area (Å²) in [5, 5.41) is 3.95. The molecule has 0 bridgehead atoms. The highest BCUT2D eigenvalue weighted by Crippen LogP contribution is 2.28. The van der Waals surface area contributed by atoms with E-state index in [4.69, 9.17) is 13.7 Å². The molecule has 2 aromatic rings. The van der Waals surface area contributed by atoms with E-state index in [0.717, 1.165) is 38.7 Å². The summed E-state index contributed by atoms with van der Waals surface area (Å²) in [5.41, 5.74) is 0.620. The van der Waals surface area contributed by atoms with E-state index < -0.39 is 0 Å². The Hall–Kier alpha value is -1.69. The van der Waals surface area contributed by atoms with Crippen LogP contribution in [0.25, 0.3) is 11.5 Å². The molecule has 0 aromatic carbocycles. The van der Waals surface area contributed by atoms with E-state index in [-0.39, 0.29) is 6.10 Å². The summed E-state index contributed by atoms with van der Waals surface area (Å²) in [5.74, 6) is 1.71. The molecule has 6 nitrogen and oxygen atoms in total. The molecule has 2 aromatic heterocycles. The molecule has 0 spiro atoms. The molecule has 0 aliphatic carbocycles. The van der Waals surface area contributed by atoms with Gasteiger partial charge in [0.1, 0.15) is 18.1 Å². The highest BCUT2D eigenvalue weighted by Gasteiger charge is 2.23. The molecule has 1 saturated heterocycles. The summed E-state index contributed by atoms with van der Waals surface area (Å²) in [6.45, 7) is 2.84. The van der Waals surface area contributed by atoms with Gasteiger partial charge in [-0.05, 0) is 25.7 Å². The smallest absolute Gasteiger partial charge is 0.256 e. The van der Waals surface area contributed by atoms with Crippen molar-refractivity contribution in [1.29, 1.82) is 0 Å². The fourth-order valence-electron chi connectivity index (χ4n) is 2.15. The van der Waals surface area contributed by atoms with Gasteiger partial charge in [-0.15, -0.1) is 0 Å². The van der Waals surface area contributed by atoms with Crippen LogP contribution in [-0.2, 0) is 11.2 Å². The molecule has 0 saturated carbocycles. The summed E-state index contributed by atoms with van der Waals surface area (Å²) < 4.78 is 16.2. The van der Waals surface area contributed by atoms with Gasteiger partial charge in [0.05, 0.1) is 0 Å². The molecule has 19 heavy (non-hydrogen) atoms. The molecular formula is C13H17N3O3. The molecule has 1 fully saturated rings. The van der Waals surface area contributed by atoms with E-state index in [9.17, 15) is 0 Å². The third-order valence-electron chi connectivity index (χ3n) is 3.14. The minimum absolute atomic E-state index is 0.0722. The van der Waals surface area contributed by atoms with Crippen LogP contribution in [0.15, 0.2) is 15.2 Å². The van der Waals surface area contributed by atoms with Gasteiger partial charge in [0.2, 0.25) is 5.82 Å². The number of aryl methyl sites for hydroxylation is 1. The van der Waals surface area contributed by atoms with Crippen molar-refractivity contribution in [2.45, 2.75) is 45.1 Å². The van der Waals surface area contributed by atoms with Crippen LogP contribution in [0.4, 0.5) is 0 Å². The number of oxazole rings is 1. The zero-order valence-corrected chi connectivity index (χ0v) is 11.0. The van der Waals surface area contributed by atoms with Gasteiger partial charge in [0.25, 0.3) is 5.89 Å². The van der Waals surface area contributed by atoms with Crippen LogP contribution in [0.1, 0.15) is 50.5 Å². The fraction of sp³-hybridized carbons (Fsp3) is 0.615. The van der Waals surface area contributed by atoms with Gasteiger partial charge in [-0.2, -0.15) is 4.98 Å². The summed E-state index contributed by atoms with van der Waals surface area (Å²) in [4.78, 5) is 8.69. The van der Waals surface area contributed by atoms with E-state index in [1.54, 1.807) is 6.26 Å². The minimum Gasteiger partial charge on any atom is -0.448 e. The average molecular weight is 263 g/mol. The third-order valence-corrected chi connectivity index (χ3v) is 3.14. The first-order valence-electron chi connectivity index (χ1n) is 6.77. The first-order valence-corrected chi connectivity index (χ1v) is 6.77. The number of rotatable bonds is 4. The van der Waals surface area contributed by atoms with Crippen LogP contribution in [0.3, 0.4) is 0 Å². The Bertz CT molecular complexity index is 529. The number of nitrogens with zero attached hydrogens (tertiary/aromatic N) is 3. The maximum Gasteiger partial charge on any atom is 0.256 e. The molecule has 0 amide bonds. The highest BCUT2D eigenvalue weighted by molar-refractivity contribution is 5.45. The zero-order chi connectivity index (χ0) is 13.1. The second-order valence-corrected chi connectivity index (χ2v) is 4.69. The molecule has 1 atom stereocenters. The van der Waals surface area contributed by atoms with Crippen molar-refractivity contribution < 1.29 is 13.7 Å². The lowest BCUT2D eigenvalue weighted by Crippen LogP contribution is -2.11. The van der Waals surface area contributed by atoms with E-state index in [0.29, 0.717) is 23.3 Å². The van der Waals surface area contributed by atoms with Gasteiger partial charge in [0.15, 0.2) is 5.89 Å². The van der Waals surface area contributed by atoms with Crippen LogP contribution in [-0.4, -0.2) is 21.7 Å². The van der Waals surface area contributed by atoms with Crippen LogP contribution in [0, 0.1) is 0 Å². The lowest BCUT2D eigenvalue weighted by atomic mass is 10.1. The topological polar surface area (TPSA) is 74.2 Å². The molecule has 0 N–H and O–H groups in total. The number of hydrogen-bond acceptors (Lipinski definition) is 6. The third kappa shape index (κ3) is 2.68. The van der Waals surface area contributed by atoms with Crippen molar-refractivity contribution in [3.8, 4) is 11.5 Å². The normalized spacial score (nSPS) is 19.7. The Morgan fingerprint density at radius 1 is 1.32 bits per heavy atom. The van der Waals surface area contributed by atoms with E-state index in [2.05, 4.69) is 22.0 Å². The zero-order valence-electron chi connectivity index (χ0n) is 11.0. The van der Waals surface area contributed by atoms with E-state index in [1.807, 2.05) is 0 Å². The largest absolute Gasteiger partial charge is 0.448 e. The highest BCUT2D eigenvalue weighted by atomic mass is 16.5. The predicted molar refractivity (Wildman–Crippen MR) is 66.3 cm³/mol. The Morgan fingerprint density at radius 2 is 2.26 bits per heavy atom. The summed E-state index contributed by atoms with van der Waals surface area (Å²) in [6, 6.07) is 0. The van der Waals surface area contributed by atoms with Crippen LogP contribution in [0.2, 0.25) is 0 Å². The lowest BCUT2D eigenvalue weighted by molar-refractivity contribution is -0.00459. The van der Waals surface area contributed by atoms with Crippen LogP contribution >= 0.6 is 0 Å². The Kier molecular flexibility index (Phi) is 3.59. The maximum atomic E-state index is 5.62. The Balaban J connectivity index is 1.75. The fourth-order valence-corrected chi connectivity index (χ4v) is 2.15. The van der Waals surface area contributed by atoms with Gasteiger partial charge in [0, 0.05) is 13.0 Å². The first-order chi connectivity index (χ1) is 9.36. The molecule has 6 heteroatoms. The molecule has 3 heterocycles. The van der Waals surface area contributed by atoms with Crippen molar-refractivity contribution in [2.24, 2.45) is 0 Å². The predicted octanol–water partition coefficient (Wildman–Crippen LogP) is 2.92. The van der Waals surface area contributed by atoms with Crippen molar-refractivity contribution in [1.82, 2.24) is 15.1 Å². The SMILES string of the molecule is CCCc1nc(-c2noc(C3CCCCO3)n2)co1. The second kappa shape index (κ2) is 5.52. The Labute approximate surface area is 111 Å². The second-order valence-electron chi connectivity index (χ2n) is 4.69. The number of aromatic nitrogens is 3. The van der Waals surface area contributed by atoms with Gasteiger partial charge in [-0.25, -0.2) is 4.98 Å². The molecule has 0 radical (unpaired) electrons. The van der Waals surface area contributed by atoms with Crippen molar-refractivity contribution in [2.75, 3.05) is 6.61 Å². The van der Waals surface area contributed by atoms with Crippen molar-refractivity contribution in [3.05, 3.63) is 18.0 Å². The Morgan fingerprint density at radius 3 is 3.05 bits per heavy atom. The maximum absolute atomic E-state index is 5.62. The molecule has 3 rings (SSSR count). The minimum atomic E-state index is -0.0722. The molecule has 102 valence electrons. The van der Waals surface area contributed by atoms with E-state index >= 15 is 0 Å². The molecule has 1 unspecified atom stereocenters. The average Bonchev–Trinajstić information content (AvgIpc) is 3.08. The lowest BCUT2D eigenvalue weighted by Gasteiger charge is -2.18. The molecular weight excluding hydrogens is 246 g/mol. The van der Waals surface area contributed by atoms with Gasteiger partial charge in [-0.1, -0.05) is 12.1 Å². The summed E-state index contributed by atoms with van der Waals surface area (Å²) >= 11 is 0. The molecule has 1 aliphatic rings. The summed E-state index contributed by atoms with van der Waals surface area (Å²) in [6.07, 6.45) is 6.47. The quantitative estimate of drug-likeness (QED) is 0.844.